The Bertz CT molecular complexity index is 1380. The molecule has 1 aliphatic carbocycles. The first-order chi connectivity index (χ1) is 14.2. The third-order valence-electron chi connectivity index (χ3n) is 6.65. The van der Waals surface area contributed by atoms with Crippen molar-refractivity contribution in [3.8, 4) is 11.1 Å². The maximum Gasteiger partial charge on any atom is 0.0227 e. The van der Waals surface area contributed by atoms with Gasteiger partial charge in [-0.1, -0.05) is 85.8 Å². The first-order valence-electron chi connectivity index (χ1n) is 10.3. The molecule has 0 bridgehead atoms. The van der Waals surface area contributed by atoms with E-state index in [1.807, 2.05) is 0 Å². The minimum atomic E-state index is -0.0207. The van der Waals surface area contributed by atoms with Crippen LogP contribution in [0.4, 0.5) is 0 Å². The van der Waals surface area contributed by atoms with Gasteiger partial charge in [-0.3, -0.25) is 0 Å². The van der Waals surface area contributed by atoms with Crippen LogP contribution in [0.15, 0.2) is 103 Å². The summed E-state index contributed by atoms with van der Waals surface area (Å²) in [7, 11) is 0. The van der Waals surface area contributed by atoms with Gasteiger partial charge in [-0.05, 0) is 80.0 Å². The van der Waals surface area contributed by atoms with Crippen LogP contribution in [0.5, 0.6) is 0 Å². The van der Waals surface area contributed by atoms with Crippen molar-refractivity contribution >= 4 is 21.5 Å². The van der Waals surface area contributed by atoms with E-state index >= 15 is 0 Å². The first kappa shape index (κ1) is 16.6. The van der Waals surface area contributed by atoms with Gasteiger partial charge in [0.05, 0.1) is 0 Å². The van der Waals surface area contributed by atoms with Gasteiger partial charge in [0.25, 0.3) is 0 Å². The highest BCUT2D eigenvalue weighted by atomic mass is 14.4. The second-order valence-electron chi connectivity index (χ2n) is 8.48. The van der Waals surface area contributed by atoms with Gasteiger partial charge in [0, 0.05) is 5.41 Å². The van der Waals surface area contributed by atoms with Crippen LogP contribution >= 0.6 is 0 Å². The quantitative estimate of drug-likeness (QED) is 0.282. The molecule has 0 N–H and O–H groups in total. The molecule has 6 rings (SSSR count). The van der Waals surface area contributed by atoms with Gasteiger partial charge in [-0.25, -0.2) is 0 Å². The summed E-state index contributed by atoms with van der Waals surface area (Å²) in [6, 6.07) is 38.0. The molecule has 0 heteroatoms. The van der Waals surface area contributed by atoms with Gasteiger partial charge in [-0.15, -0.1) is 0 Å². The van der Waals surface area contributed by atoms with Crippen molar-refractivity contribution in [2.24, 2.45) is 0 Å². The Hall–Kier alpha value is -3.38. The minimum absolute atomic E-state index is 0.0207. The summed E-state index contributed by atoms with van der Waals surface area (Å²) in [5.74, 6) is 0. The molecule has 0 fully saturated rings. The van der Waals surface area contributed by atoms with E-state index in [2.05, 4.69) is 110 Å². The second kappa shape index (κ2) is 6.06. The van der Waals surface area contributed by atoms with Crippen molar-refractivity contribution in [1.29, 1.82) is 0 Å². The lowest BCUT2D eigenvalue weighted by Gasteiger charge is -2.28. The maximum absolute atomic E-state index is 2.44. The molecule has 0 aromatic heterocycles. The van der Waals surface area contributed by atoms with Gasteiger partial charge in [0.1, 0.15) is 0 Å². The van der Waals surface area contributed by atoms with Crippen molar-refractivity contribution in [3.63, 3.8) is 0 Å². The fourth-order valence-corrected chi connectivity index (χ4v) is 5.21. The Morgan fingerprint density at radius 1 is 0.517 bits per heavy atom. The lowest BCUT2D eigenvalue weighted by molar-refractivity contribution is 0.583. The third-order valence-corrected chi connectivity index (χ3v) is 6.65. The monoisotopic (exact) mass is 370 g/mol. The summed E-state index contributed by atoms with van der Waals surface area (Å²) in [6.45, 7) is 2.41. The Morgan fingerprint density at radius 3 is 1.90 bits per heavy atom. The molecule has 0 heterocycles. The lowest BCUT2D eigenvalue weighted by atomic mass is 9.75. The van der Waals surface area contributed by atoms with Crippen LogP contribution in [0.25, 0.3) is 32.7 Å². The number of rotatable bonds is 2. The average molecular weight is 370 g/mol. The van der Waals surface area contributed by atoms with E-state index in [9.17, 15) is 0 Å². The molecule has 1 unspecified atom stereocenters. The van der Waals surface area contributed by atoms with Crippen LogP contribution < -0.4 is 0 Å². The van der Waals surface area contributed by atoms with Gasteiger partial charge in [0.15, 0.2) is 0 Å². The highest BCUT2D eigenvalue weighted by Crippen LogP contribution is 2.51. The van der Waals surface area contributed by atoms with Crippen LogP contribution in [-0.4, -0.2) is 0 Å². The normalized spacial score (nSPS) is 17.4. The molecular weight excluding hydrogens is 348 g/mol. The van der Waals surface area contributed by atoms with Gasteiger partial charge < -0.3 is 0 Å². The molecule has 5 aromatic carbocycles. The predicted molar refractivity (Wildman–Crippen MR) is 123 cm³/mol. The summed E-state index contributed by atoms with van der Waals surface area (Å²) in [6.07, 6.45) is 1.01. The van der Waals surface area contributed by atoms with Crippen LogP contribution in [0, 0.1) is 0 Å². The summed E-state index contributed by atoms with van der Waals surface area (Å²) in [4.78, 5) is 0. The smallest absolute Gasteiger partial charge is 0.0227 e. The fraction of sp³-hybridized carbons (Fsp3) is 0.103. The van der Waals surface area contributed by atoms with Crippen LogP contribution in [0.3, 0.4) is 0 Å². The SMILES string of the molecule is CC1(Cc2ccccc2)c2ccccc2-c2cc3cc4ccccc4cc3cc21. The van der Waals surface area contributed by atoms with E-state index in [4.69, 9.17) is 0 Å². The number of hydrogen-bond acceptors (Lipinski definition) is 0. The molecule has 0 nitrogen and oxygen atoms in total. The number of fused-ring (bicyclic) bond motifs is 5. The van der Waals surface area contributed by atoms with Crippen LogP contribution in [0.1, 0.15) is 23.6 Å². The van der Waals surface area contributed by atoms with E-state index in [0.29, 0.717) is 0 Å². The molecule has 0 saturated carbocycles. The van der Waals surface area contributed by atoms with E-state index in [1.54, 1.807) is 0 Å². The zero-order chi connectivity index (χ0) is 19.4. The summed E-state index contributed by atoms with van der Waals surface area (Å²) >= 11 is 0. The first-order valence-corrected chi connectivity index (χ1v) is 10.3. The fourth-order valence-electron chi connectivity index (χ4n) is 5.21. The van der Waals surface area contributed by atoms with E-state index in [1.165, 1.54) is 49.4 Å². The van der Waals surface area contributed by atoms with Gasteiger partial charge >= 0.3 is 0 Å². The van der Waals surface area contributed by atoms with E-state index in [0.717, 1.165) is 6.42 Å². The molecule has 5 aromatic rings. The lowest BCUT2D eigenvalue weighted by Crippen LogP contribution is -2.23. The zero-order valence-corrected chi connectivity index (χ0v) is 16.5. The molecule has 0 radical (unpaired) electrons. The predicted octanol–water partition coefficient (Wildman–Crippen LogP) is 7.52. The van der Waals surface area contributed by atoms with Gasteiger partial charge in [-0.2, -0.15) is 0 Å². The molecule has 1 aliphatic rings. The van der Waals surface area contributed by atoms with E-state index < -0.39 is 0 Å². The topological polar surface area (TPSA) is 0 Å². The highest BCUT2D eigenvalue weighted by Gasteiger charge is 2.39. The standard InChI is InChI=1S/C29H22/c1-29(19-20-9-3-2-4-10-20)27-14-8-7-13-25(27)26-17-23-15-21-11-5-6-12-22(21)16-24(23)18-28(26)29/h2-18H,19H2,1H3. The molecule has 0 aliphatic heterocycles. The summed E-state index contributed by atoms with van der Waals surface area (Å²) in [5, 5.41) is 5.26. The van der Waals surface area contributed by atoms with E-state index in [-0.39, 0.29) is 5.41 Å². The molecule has 0 spiro atoms. The molecular formula is C29H22. The maximum atomic E-state index is 2.44. The Labute approximate surface area is 171 Å². The second-order valence-corrected chi connectivity index (χ2v) is 8.48. The van der Waals surface area contributed by atoms with Crippen molar-refractivity contribution in [2.75, 3.05) is 0 Å². The number of hydrogen-bond donors (Lipinski definition) is 0. The molecule has 0 amide bonds. The summed E-state index contributed by atoms with van der Waals surface area (Å²) in [5.41, 5.74) is 7.03. The Morgan fingerprint density at radius 2 is 1.14 bits per heavy atom. The minimum Gasteiger partial charge on any atom is -0.0622 e. The summed E-state index contributed by atoms with van der Waals surface area (Å²) < 4.78 is 0. The average Bonchev–Trinajstić information content (AvgIpc) is 2.99. The van der Waals surface area contributed by atoms with Crippen LogP contribution in [-0.2, 0) is 11.8 Å². The van der Waals surface area contributed by atoms with Crippen molar-refractivity contribution in [1.82, 2.24) is 0 Å². The Kier molecular flexibility index (Phi) is 3.46. The zero-order valence-electron chi connectivity index (χ0n) is 16.5. The molecule has 0 saturated heterocycles. The molecule has 29 heavy (non-hydrogen) atoms. The van der Waals surface area contributed by atoms with Gasteiger partial charge in [0.2, 0.25) is 0 Å². The third kappa shape index (κ3) is 2.46. The van der Waals surface area contributed by atoms with Crippen molar-refractivity contribution in [3.05, 3.63) is 120 Å². The van der Waals surface area contributed by atoms with Crippen molar-refractivity contribution < 1.29 is 0 Å². The van der Waals surface area contributed by atoms with Crippen LogP contribution in [0.2, 0.25) is 0 Å². The highest BCUT2D eigenvalue weighted by molar-refractivity contribution is 6.01. The largest absolute Gasteiger partial charge is 0.0622 e. The molecule has 1 atom stereocenters. The van der Waals surface area contributed by atoms with Crippen molar-refractivity contribution in [2.45, 2.75) is 18.8 Å². The Balaban J connectivity index is 1.63. The molecule has 138 valence electrons. The number of benzene rings is 5.